The van der Waals surface area contributed by atoms with E-state index in [-0.39, 0.29) is 5.69 Å². The molecule has 0 radical (unpaired) electrons. The third kappa shape index (κ3) is 2.82. The lowest BCUT2D eigenvalue weighted by Gasteiger charge is -2.07. The maximum Gasteiger partial charge on any atom is 0.151 e. The Morgan fingerprint density at radius 2 is 1.38 bits per heavy atom. The second-order valence-electron chi connectivity index (χ2n) is 6.54. The highest BCUT2D eigenvalue weighted by molar-refractivity contribution is 6.08. The molecule has 0 spiro atoms. The van der Waals surface area contributed by atoms with Crippen LogP contribution in [0.25, 0.3) is 38.8 Å². The molecule has 0 unspecified atom stereocenters. The standard InChI is InChI=1S/C22H11F4N3/c23-13-3-1-12(2-4-13)21-17-11-27-19-7-5-14(24)9-16(19)22(17)29(28-21)20-8-6-15(25)10-18(20)26/h1-11H. The number of halogens is 4. The van der Waals surface area contributed by atoms with E-state index < -0.39 is 23.3 Å². The van der Waals surface area contributed by atoms with Crippen LogP contribution in [0.3, 0.4) is 0 Å². The fraction of sp³-hybridized carbons (Fsp3) is 0. The summed E-state index contributed by atoms with van der Waals surface area (Å²) in [6, 6.07) is 12.9. The number of fused-ring (bicyclic) bond motifs is 3. The summed E-state index contributed by atoms with van der Waals surface area (Å²) in [5, 5.41) is 5.45. The quantitative estimate of drug-likeness (QED) is 0.355. The molecule has 2 heterocycles. The monoisotopic (exact) mass is 393 g/mol. The van der Waals surface area contributed by atoms with Crippen LogP contribution in [0, 0.1) is 23.3 Å². The molecule has 0 amide bonds. The van der Waals surface area contributed by atoms with Gasteiger partial charge in [0.05, 0.1) is 11.0 Å². The van der Waals surface area contributed by atoms with E-state index in [4.69, 9.17) is 0 Å². The molecule has 0 saturated carbocycles. The zero-order valence-corrected chi connectivity index (χ0v) is 14.7. The summed E-state index contributed by atoms with van der Waals surface area (Å²) in [7, 11) is 0. The van der Waals surface area contributed by atoms with Crippen molar-refractivity contribution in [3.8, 4) is 16.9 Å². The summed E-state index contributed by atoms with van der Waals surface area (Å²) < 4.78 is 56.6. The van der Waals surface area contributed by atoms with Crippen LogP contribution in [-0.2, 0) is 0 Å². The van der Waals surface area contributed by atoms with Gasteiger partial charge in [-0.15, -0.1) is 0 Å². The van der Waals surface area contributed by atoms with E-state index in [0.717, 1.165) is 12.1 Å². The fourth-order valence-electron chi connectivity index (χ4n) is 3.40. The molecule has 0 aliphatic rings. The van der Waals surface area contributed by atoms with Gasteiger partial charge in [0.25, 0.3) is 0 Å². The van der Waals surface area contributed by atoms with E-state index in [9.17, 15) is 17.6 Å². The lowest BCUT2D eigenvalue weighted by molar-refractivity contribution is 0.575. The smallest absolute Gasteiger partial charge is 0.151 e. The van der Waals surface area contributed by atoms with Gasteiger partial charge in [-0.1, -0.05) is 0 Å². The first-order valence-electron chi connectivity index (χ1n) is 8.69. The lowest BCUT2D eigenvalue weighted by atomic mass is 10.1. The van der Waals surface area contributed by atoms with Gasteiger partial charge in [0, 0.05) is 28.6 Å². The van der Waals surface area contributed by atoms with Gasteiger partial charge in [0.1, 0.15) is 28.8 Å². The molecule has 0 saturated heterocycles. The van der Waals surface area contributed by atoms with E-state index in [1.165, 1.54) is 53.2 Å². The second kappa shape index (κ2) is 6.41. The van der Waals surface area contributed by atoms with Gasteiger partial charge >= 0.3 is 0 Å². The molecule has 0 aliphatic carbocycles. The van der Waals surface area contributed by atoms with E-state index >= 15 is 0 Å². The molecular formula is C22H11F4N3. The van der Waals surface area contributed by atoms with Crippen LogP contribution in [0.5, 0.6) is 0 Å². The Kier molecular flexibility index (Phi) is 3.84. The molecular weight excluding hydrogens is 382 g/mol. The molecule has 0 bridgehead atoms. The molecule has 3 nitrogen and oxygen atoms in total. The van der Waals surface area contributed by atoms with Crippen LogP contribution in [0.4, 0.5) is 17.6 Å². The van der Waals surface area contributed by atoms with Gasteiger partial charge in [-0.3, -0.25) is 4.98 Å². The van der Waals surface area contributed by atoms with Crippen molar-refractivity contribution in [3.63, 3.8) is 0 Å². The minimum absolute atomic E-state index is 0.00141. The molecule has 0 fully saturated rings. The van der Waals surface area contributed by atoms with Crippen molar-refractivity contribution < 1.29 is 17.6 Å². The first kappa shape index (κ1) is 17.4. The maximum atomic E-state index is 14.6. The average Bonchev–Trinajstić information content (AvgIpc) is 3.08. The van der Waals surface area contributed by atoms with Crippen molar-refractivity contribution in [2.75, 3.05) is 0 Å². The summed E-state index contributed by atoms with van der Waals surface area (Å²) in [5.41, 5.74) is 1.91. The Hall–Kier alpha value is -3.74. The molecule has 5 rings (SSSR count). The highest BCUT2D eigenvalue weighted by Crippen LogP contribution is 2.34. The predicted molar refractivity (Wildman–Crippen MR) is 102 cm³/mol. The number of rotatable bonds is 2. The fourth-order valence-corrected chi connectivity index (χ4v) is 3.40. The third-order valence-corrected chi connectivity index (χ3v) is 4.72. The zero-order valence-electron chi connectivity index (χ0n) is 14.7. The Morgan fingerprint density at radius 1 is 0.690 bits per heavy atom. The number of pyridine rings is 1. The van der Waals surface area contributed by atoms with Gasteiger partial charge in [-0.25, -0.2) is 22.2 Å². The first-order valence-corrected chi connectivity index (χ1v) is 8.69. The van der Waals surface area contributed by atoms with Gasteiger partial charge in [-0.05, 0) is 54.6 Å². The Bertz CT molecular complexity index is 1390. The highest BCUT2D eigenvalue weighted by atomic mass is 19.1. The van der Waals surface area contributed by atoms with Crippen LogP contribution in [0.1, 0.15) is 0 Å². The van der Waals surface area contributed by atoms with E-state index in [1.54, 1.807) is 6.20 Å². The van der Waals surface area contributed by atoms with Gasteiger partial charge in [-0.2, -0.15) is 5.10 Å². The number of hydrogen-bond acceptors (Lipinski definition) is 2. The summed E-state index contributed by atoms with van der Waals surface area (Å²) in [4.78, 5) is 4.35. The van der Waals surface area contributed by atoms with Crippen molar-refractivity contribution in [1.29, 1.82) is 0 Å². The number of aromatic nitrogens is 3. The van der Waals surface area contributed by atoms with Crippen LogP contribution in [0.15, 0.2) is 66.9 Å². The third-order valence-electron chi connectivity index (χ3n) is 4.72. The Balaban J connectivity index is 1.92. The normalized spacial score (nSPS) is 11.4. The molecule has 3 aromatic carbocycles. The summed E-state index contributed by atoms with van der Waals surface area (Å²) >= 11 is 0. The first-order chi connectivity index (χ1) is 14.0. The molecule has 5 aromatic rings. The molecule has 142 valence electrons. The number of hydrogen-bond donors (Lipinski definition) is 0. The van der Waals surface area contributed by atoms with Crippen LogP contribution in [0.2, 0.25) is 0 Å². The van der Waals surface area contributed by atoms with Crippen LogP contribution in [-0.4, -0.2) is 14.8 Å². The SMILES string of the molecule is Fc1ccc(-c2nn(-c3ccc(F)cc3F)c3c2cnc2ccc(F)cc23)cc1. The van der Waals surface area contributed by atoms with Crippen LogP contribution < -0.4 is 0 Å². The minimum Gasteiger partial charge on any atom is -0.255 e. The summed E-state index contributed by atoms with van der Waals surface area (Å²) in [6.07, 6.45) is 1.55. The van der Waals surface area contributed by atoms with Crippen LogP contribution >= 0.6 is 0 Å². The van der Waals surface area contributed by atoms with E-state index in [2.05, 4.69) is 10.1 Å². The number of benzene rings is 3. The highest BCUT2D eigenvalue weighted by Gasteiger charge is 2.19. The minimum atomic E-state index is -0.818. The van der Waals surface area contributed by atoms with E-state index in [1.807, 2.05) is 0 Å². The molecule has 0 atom stereocenters. The molecule has 29 heavy (non-hydrogen) atoms. The van der Waals surface area contributed by atoms with Crippen molar-refractivity contribution in [2.24, 2.45) is 0 Å². The zero-order chi connectivity index (χ0) is 20.1. The maximum absolute atomic E-state index is 14.6. The predicted octanol–water partition coefficient (Wildman–Crippen LogP) is 5.80. The molecule has 0 aliphatic heterocycles. The molecule has 0 N–H and O–H groups in total. The topological polar surface area (TPSA) is 30.7 Å². The average molecular weight is 393 g/mol. The van der Waals surface area contributed by atoms with Gasteiger partial charge < -0.3 is 0 Å². The summed E-state index contributed by atoms with van der Waals surface area (Å²) in [5.74, 6) is -2.43. The Labute approximate surface area is 161 Å². The summed E-state index contributed by atoms with van der Waals surface area (Å²) in [6.45, 7) is 0. The number of nitrogens with zero attached hydrogens (tertiary/aromatic N) is 3. The lowest BCUT2D eigenvalue weighted by Crippen LogP contribution is -2.01. The van der Waals surface area contributed by atoms with Crippen molar-refractivity contribution in [1.82, 2.24) is 14.8 Å². The van der Waals surface area contributed by atoms with Gasteiger partial charge in [0.15, 0.2) is 5.82 Å². The van der Waals surface area contributed by atoms with Crippen molar-refractivity contribution in [2.45, 2.75) is 0 Å². The molecule has 7 heteroatoms. The van der Waals surface area contributed by atoms with Crippen molar-refractivity contribution >= 4 is 21.8 Å². The molecule has 2 aromatic heterocycles. The Morgan fingerprint density at radius 3 is 2.14 bits per heavy atom. The van der Waals surface area contributed by atoms with Gasteiger partial charge in [0.2, 0.25) is 0 Å². The van der Waals surface area contributed by atoms with E-state index in [0.29, 0.717) is 33.1 Å². The second-order valence-corrected chi connectivity index (χ2v) is 6.54. The van der Waals surface area contributed by atoms with Crippen molar-refractivity contribution in [3.05, 3.63) is 90.1 Å². The largest absolute Gasteiger partial charge is 0.255 e.